The molecule has 0 aliphatic heterocycles. The zero-order chi connectivity index (χ0) is 11.6. The average Bonchev–Trinajstić information content (AvgIpc) is 1.79. The highest BCUT2D eigenvalue weighted by Crippen LogP contribution is 2.60. The second-order valence-corrected chi connectivity index (χ2v) is 5.78. The Balaban J connectivity index is 4.85. The molecule has 0 saturated carbocycles. The van der Waals surface area contributed by atoms with E-state index in [-0.39, 0.29) is 6.42 Å². The van der Waals surface area contributed by atoms with E-state index in [1.54, 1.807) is 0 Å². The largest absolute Gasteiger partial charge is 0.481 e. The molecule has 0 aliphatic carbocycles. The number of aliphatic carboxylic acids is 1. The van der Waals surface area contributed by atoms with Gasteiger partial charge < -0.3 is 19.8 Å². The van der Waals surface area contributed by atoms with E-state index >= 15 is 0 Å². The van der Waals surface area contributed by atoms with E-state index in [9.17, 15) is 13.9 Å². The Bertz CT molecular complexity index is 304. The number of rotatable bonds is 5. The van der Waals surface area contributed by atoms with Crippen LogP contribution in [0.1, 0.15) is 13.3 Å². The first-order valence-electron chi connectivity index (χ1n) is 3.42. The predicted octanol–water partition coefficient (Wildman–Crippen LogP) is 0.144. The van der Waals surface area contributed by atoms with Crippen LogP contribution in [-0.2, 0) is 18.2 Å². The third-order valence-corrected chi connectivity index (χ3v) is 4.45. The molecule has 0 amide bonds. The van der Waals surface area contributed by atoms with Crippen LogP contribution < -0.4 is 0 Å². The third-order valence-electron chi connectivity index (χ3n) is 1.29. The van der Waals surface area contributed by atoms with Crippen LogP contribution in [-0.4, -0.2) is 31.4 Å². The van der Waals surface area contributed by atoms with Crippen LogP contribution in [0.15, 0.2) is 0 Å². The van der Waals surface area contributed by atoms with Crippen LogP contribution in [0.4, 0.5) is 0 Å². The molecule has 0 aromatic carbocycles. The van der Waals surface area contributed by atoms with Gasteiger partial charge in [0.05, 0.1) is 0 Å². The van der Waals surface area contributed by atoms with E-state index in [4.69, 9.17) is 19.8 Å². The molecule has 14 heavy (non-hydrogen) atoms. The Labute approximate surface area is 79.3 Å². The summed E-state index contributed by atoms with van der Waals surface area (Å²) in [5, 5.41) is 8.44. The van der Waals surface area contributed by atoms with Gasteiger partial charge in [0, 0.05) is 0 Å². The van der Waals surface area contributed by atoms with Crippen LogP contribution in [0, 0.1) is 0 Å². The van der Waals surface area contributed by atoms with Crippen LogP contribution in [0.5, 0.6) is 0 Å². The Morgan fingerprint density at radius 3 is 2.00 bits per heavy atom. The highest BCUT2D eigenvalue weighted by Gasteiger charge is 2.42. The number of carboxylic acid groups (broad SMARTS) is 1. The lowest BCUT2D eigenvalue weighted by molar-refractivity contribution is -0.136. The van der Waals surface area contributed by atoms with E-state index in [1.165, 1.54) is 6.92 Å². The molecule has 10 heteroatoms. The summed E-state index contributed by atoms with van der Waals surface area (Å²) >= 11 is 0. The normalized spacial score (nSPS) is 18.6. The lowest BCUT2D eigenvalue weighted by Crippen LogP contribution is -2.20. The van der Waals surface area contributed by atoms with E-state index in [1.807, 2.05) is 0 Å². The van der Waals surface area contributed by atoms with Crippen molar-refractivity contribution in [2.45, 2.75) is 19.0 Å². The van der Waals surface area contributed by atoms with Crippen molar-refractivity contribution in [3.8, 4) is 0 Å². The summed E-state index contributed by atoms with van der Waals surface area (Å²) in [4.78, 5) is 35.8. The van der Waals surface area contributed by atoms with Crippen molar-refractivity contribution in [1.82, 2.24) is 0 Å². The monoisotopic (exact) mass is 248 g/mol. The first kappa shape index (κ1) is 13.8. The summed E-state index contributed by atoms with van der Waals surface area (Å²) in [7, 11) is -10.0. The highest BCUT2D eigenvalue weighted by molar-refractivity contribution is 7.64. The minimum absolute atomic E-state index is 0.275. The second kappa shape index (κ2) is 4.53. The van der Waals surface area contributed by atoms with Gasteiger partial charge in [-0.25, -0.2) is 8.88 Å². The van der Waals surface area contributed by atoms with E-state index < -0.39 is 27.0 Å². The van der Waals surface area contributed by atoms with Gasteiger partial charge in [-0.1, -0.05) is 6.92 Å². The van der Waals surface area contributed by atoms with Crippen molar-refractivity contribution in [3.05, 3.63) is 0 Å². The van der Waals surface area contributed by atoms with Crippen molar-refractivity contribution in [2.75, 3.05) is 0 Å². The molecule has 8 nitrogen and oxygen atoms in total. The minimum Gasteiger partial charge on any atom is -0.481 e. The molecular weight excluding hydrogens is 238 g/mol. The molecule has 84 valence electrons. The van der Waals surface area contributed by atoms with Gasteiger partial charge >= 0.3 is 21.4 Å². The van der Waals surface area contributed by atoms with Crippen LogP contribution >= 0.6 is 15.4 Å². The van der Waals surface area contributed by atoms with Gasteiger partial charge in [-0.2, -0.15) is 0 Å². The SMILES string of the molecule is CCC(C(=O)O)P(=O)(O)OP(=O)(O)O. The van der Waals surface area contributed by atoms with Crippen LogP contribution in [0.25, 0.3) is 0 Å². The zero-order valence-corrected chi connectivity index (χ0v) is 8.89. The minimum atomic E-state index is -5.17. The molecule has 0 fully saturated rings. The second-order valence-electron chi connectivity index (χ2n) is 2.40. The maximum Gasteiger partial charge on any atom is 0.476 e. The highest BCUT2D eigenvalue weighted by atomic mass is 31.3. The Kier molecular flexibility index (Phi) is 4.45. The maximum absolute atomic E-state index is 11.1. The van der Waals surface area contributed by atoms with Crippen molar-refractivity contribution in [1.29, 1.82) is 0 Å². The predicted molar refractivity (Wildman–Crippen MR) is 44.7 cm³/mol. The molecule has 0 bridgehead atoms. The summed E-state index contributed by atoms with van der Waals surface area (Å²) in [6.45, 7) is 1.28. The summed E-state index contributed by atoms with van der Waals surface area (Å²) in [6.07, 6.45) is -0.275. The summed E-state index contributed by atoms with van der Waals surface area (Å²) in [5.74, 6) is -1.65. The molecule has 2 unspecified atom stereocenters. The van der Waals surface area contributed by atoms with Gasteiger partial charge in [0.1, 0.15) is 0 Å². The quantitative estimate of drug-likeness (QED) is 0.503. The lowest BCUT2D eigenvalue weighted by atomic mass is 10.3. The first-order valence-corrected chi connectivity index (χ1v) is 6.60. The summed E-state index contributed by atoms with van der Waals surface area (Å²) < 4.78 is 24.8. The van der Waals surface area contributed by atoms with Gasteiger partial charge in [-0.05, 0) is 6.42 Å². The first-order chi connectivity index (χ1) is 6.10. The fourth-order valence-electron chi connectivity index (χ4n) is 0.754. The molecule has 0 spiro atoms. The molecule has 0 radical (unpaired) electrons. The molecular formula is C4H10O8P2. The number of carboxylic acids is 1. The molecule has 0 rings (SSSR count). The summed E-state index contributed by atoms with van der Waals surface area (Å²) in [6, 6.07) is 0. The molecule has 0 saturated heterocycles. The Morgan fingerprint density at radius 2 is 1.79 bits per heavy atom. The smallest absolute Gasteiger partial charge is 0.476 e. The van der Waals surface area contributed by atoms with E-state index in [2.05, 4.69) is 4.31 Å². The van der Waals surface area contributed by atoms with E-state index in [0.29, 0.717) is 0 Å². The van der Waals surface area contributed by atoms with Gasteiger partial charge in [0.25, 0.3) is 0 Å². The van der Waals surface area contributed by atoms with Gasteiger partial charge in [-0.15, -0.1) is 0 Å². The standard InChI is InChI=1S/C4H10O8P2/c1-2-3(4(5)6)13(7,8)12-14(9,10)11/h3H,2H2,1H3,(H,5,6)(H,7,8)(H2,9,10,11). The number of carbonyl (C=O) groups is 1. The number of phosphoric acid groups is 1. The topological polar surface area (TPSA) is 141 Å². The fraction of sp³-hybridized carbons (Fsp3) is 0.750. The van der Waals surface area contributed by atoms with Crippen molar-refractivity contribution < 1.29 is 38.0 Å². The van der Waals surface area contributed by atoms with Gasteiger partial charge in [-0.3, -0.25) is 9.36 Å². The molecule has 2 atom stereocenters. The van der Waals surface area contributed by atoms with Crippen LogP contribution in [0.3, 0.4) is 0 Å². The molecule has 0 aromatic heterocycles. The number of hydrogen-bond donors (Lipinski definition) is 4. The van der Waals surface area contributed by atoms with Crippen molar-refractivity contribution in [2.24, 2.45) is 0 Å². The number of hydrogen-bond acceptors (Lipinski definition) is 4. The molecule has 0 aliphatic rings. The zero-order valence-electron chi connectivity index (χ0n) is 7.10. The van der Waals surface area contributed by atoms with Crippen molar-refractivity contribution >= 4 is 21.4 Å². The molecule has 0 heterocycles. The lowest BCUT2D eigenvalue weighted by Gasteiger charge is -2.17. The average molecular weight is 248 g/mol. The third kappa shape index (κ3) is 4.32. The molecule has 0 aromatic rings. The molecule has 4 N–H and O–H groups in total. The van der Waals surface area contributed by atoms with Crippen LogP contribution in [0.2, 0.25) is 0 Å². The summed E-state index contributed by atoms with van der Waals surface area (Å²) in [5.41, 5.74) is -1.84. The van der Waals surface area contributed by atoms with Gasteiger partial charge in [0.15, 0.2) is 5.66 Å². The fourth-order valence-corrected chi connectivity index (χ4v) is 3.17. The van der Waals surface area contributed by atoms with E-state index in [0.717, 1.165) is 0 Å². The Morgan fingerprint density at radius 1 is 1.36 bits per heavy atom. The Hall–Kier alpha value is -0.230. The van der Waals surface area contributed by atoms with Gasteiger partial charge in [0.2, 0.25) is 0 Å². The van der Waals surface area contributed by atoms with Crippen molar-refractivity contribution in [3.63, 3.8) is 0 Å². The maximum atomic E-state index is 11.1.